The second kappa shape index (κ2) is 6.19. The largest absolute Gasteiger partial charge is 0.405 e. The molecule has 3 nitrogen and oxygen atoms in total. The molecule has 0 aromatic heterocycles. The highest BCUT2D eigenvalue weighted by atomic mass is 35.5. The number of amides is 1. The Hall–Kier alpha value is -1.08. The van der Waals surface area contributed by atoms with Crippen molar-refractivity contribution in [3.63, 3.8) is 0 Å². The van der Waals surface area contributed by atoms with Gasteiger partial charge < -0.3 is 11.1 Å². The van der Waals surface area contributed by atoms with Crippen LogP contribution in [0.1, 0.15) is 0 Å². The normalized spacial score (nSPS) is 11.3. The summed E-state index contributed by atoms with van der Waals surface area (Å²) in [6, 6.07) is 4.72. The Labute approximate surface area is 111 Å². The van der Waals surface area contributed by atoms with Crippen LogP contribution < -0.4 is 11.1 Å². The van der Waals surface area contributed by atoms with Gasteiger partial charge in [-0.2, -0.15) is 13.2 Å². The van der Waals surface area contributed by atoms with Crippen molar-refractivity contribution in [1.82, 2.24) is 5.32 Å². The summed E-state index contributed by atoms with van der Waals surface area (Å²) in [7, 11) is 0. The number of thioether (sulfide) groups is 1. The number of nitrogens with one attached hydrogen (secondary N) is 1. The molecule has 0 saturated carbocycles. The third-order valence-electron chi connectivity index (χ3n) is 1.80. The number of anilines is 1. The Morgan fingerprint density at radius 3 is 2.67 bits per heavy atom. The highest BCUT2D eigenvalue weighted by molar-refractivity contribution is 8.00. The standard InChI is InChI=1S/C10H10ClF3N2OS/c11-7-3-6(15)1-2-8(7)18-4-9(17)16-5-10(12,13)14/h1-3H,4-5,15H2,(H,16,17). The number of nitrogens with two attached hydrogens (primary N) is 1. The fraction of sp³-hybridized carbons (Fsp3) is 0.300. The van der Waals surface area contributed by atoms with Crippen LogP contribution in [0, 0.1) is 0 Å². The van der Waals surface area contributed by atoms with E-state index >= 15 is 0 Å². The number of hydrogen-bond acceptors (Lipinski definition) is 3. The van der Waals surface area contributed by atoms with Gasteiger partial charge in [0.15, 0.2) is 0 Å². The van der Waals surface area contributed by atoms with Crippen molar-refractivity contribution >= 4 is 35.0 Å². The molecule has 0 unspecified atom stereocenters. The van der Waals surface area contributed by atoms with Gasteiger partial charge in [0.1, 0.15) is 6.54 Å². The van der Waals surface area contributed by atoms with E-state index in [4.69, 9.17) is 17.3 Å². The topological polar surface area (TPSA) is 55.1 Å². The van der Waals surface area contributed by atoms with Gasteiger partial charge in [-0.15, -0.1) is 11.8 Å². The van der Waals surface area contributed by atoms with Crippen LogP contribution in [0.25, 0.3) is 0 Å². The Bertz CT molecular complexity index is 440. The first-order chi connectivity index (χ1) is 8.28. The van der Waals surface area contributed by atoms with Crippen molar-refractivity contribution in [2.75, 3.05) is 18.0 Å². The van der Waals surface area contributed by atoms with Crippen molar-refractivity contribution in [3.8, 4) is 0 Å². The SMILES string of the molecule is Nc1ccc(SCC(=O)NCC(F)(F)F)c(Cl)c1. The molecule has 0 fully saturated rings. The quantitative estimate of drug-likeness (QED) is 0.664. The maximum atomic E-state index is 11.8. The van der Waals surface area contributed by atoms with E-state index in [9.17, 15) is 18.0 Å². The molecule has 0 bridgehead atoms. The number of benzene rings is 1. The van der Waals surface area contributed by atoms with Crippen LogP contribution in [-0.4, -0.2) is 24.4 Å². The van der Waals surface area contributed by atoms with E-state index in [2.05, 4.69) is 0 Å². The van der Waals surface area contributed by atoms with Gasteiger partial charge in [-0.05, 0) is 18.2 Å². The van der Waals surface area contributed by atoms with Gasteiger partial charge in [0, 0.05) is 10.6 Å². The van der Waals surface area contributed by atoms with Crippen molar-refractivity contribution < 1.29 is 18.0 Å². The van der Waals surface area contributed by atoms with E-state index in [1.807, 2.05) is 0 Å². The second-order valence-corrected chi connectivity index (χ2v) is 4.79. The smallest absolute Gasteiger partial charge is 0.399 e. The third-order valence-corrected chi connectivity index (χ3v) is 3.30. The van der Waals surface area contributed by atoms with E-state index in [0.717, 1.165) is 11.8 Å². The van der Waals surface area contributed by atoms with Crippen molar-refractivity contribution in [2.45, 2.75) is 11.1 Å². The van der Waals surface area contributed by atoms with Gasteiger partial charge in [-0.1, -0.05) is 11.6 Å². The first-order valence-electron chi connectivity index (χ1n) is 4.79. The Morgan fingerprint density at radius 2 is 2.11 bits per heavy atom. The summed E-state index contributed by atoms with van der Waals surface area (Å²) in [5.74, 6) is -0.843. The Balaban J connectivity index is 2.43. The van der Waals surface area contributed by atoms with E-state index in [0.29, 0.717) is 15.6 Å². The molecule has 0 heterocycles. The molecule has 0 radical (unpaired) electrons. The fourth-order valence-electron chi connectivity index (χ4n) is 1.03. The van der Waals surface area contributed by atoms with Gasteiger partial charge in [-0.25, -0.2) is 0 Å². The van der Waals surface area contributed by atoms with Crippen LogP contribution in [0.2, 0.25) is 5.02 Å². The first-order valence-corrected chi connectivity index (χ1v) is 6.15. The molecule has 0 saturated heterocycles. The van der Waals surface area contributed by atoms with E-state index in [1.54, 1.807) is 17.4 Å². The molecule has 1 aromatic carbocycles. The highest BCUT2D eigenvalue weighted by Gasteiger charge is 2.27. The highest BCUT2D eigenvalue weighted by Crippen LogP contribution is 2.28. The van der Waals surface area contributed by atoms with Gasteiger partial charge in [-0.3, -0.25) is 4.79 Å². The predicted molar refractivity (Wildman–Crippen MR) is 65.7 cm³/mol. The molecule has 1 amide bonds. The zero-order valence-corrected chi connectivity index (χ0v) is 10.6. The molecule has 1 rings (SSSR count). The molecular formula is C10H10ClF3N2OS. The summed E-state index contributed by atoms with van der Waals surface area (Å²) in [5.41, 5.74) is 5.96. The minimum absolute atomic E-state index is 0.139. The molecule has 8 heteroatoms. The Kier molecular flexibility index (Phi) is 5.15. The van der Waals surface area contributed by atoms with Crippen LogP contribution in [0.4, 0.5) is 18.9 Å². The first kappa shape index (κ1) is 15.0. The summed E-state index contributed by atoms with van der Waals surface area (Å²) >= 11 is 6.90. The molecule has 0 atom stereocenters. The van der Waals surface area contributed by atoms with Crippen LogP contribution in [0.3, 0.4) is 0 Å². The zero-order chi connectivity index (χ0) is 13.8. The lowest BCUT2D eigenvalue weighted by atomic mass is 10.3. The minimum Gasteiger partial charge on any atom is -0.399 e. The van der Waals surface area contributed by atoms with Crippen molar-refractivity contribution in [2.24, 2.45) is 0 Å². The van der Waals surface area contributed by atoms with Gasteiger partial charge in [0.05, 0.1) is 10.8 Å². The molecular weight excluding hydrogens is 289 g/mol. The Morgan fingerprint density at radius 1 is 1.44 bits per heavy atom. The molecule has 0 aliphatic heterocycles. The molecule has 0 aliphatic carbocycles. The van der Waals surface area contributed by atoms with Crippen LogP contribution in [0.15, 0.2) is 23.1 Å². The number of alkyl halides is 3. The van der Waals surface area contributed by atoms with E-state index < -0.39 is 18.6 Å². The molecule has 1 aromatic rings. The number of carbonyl (C=O) groups is 1. The lowest BCUT2D eigenvalue weighted by Crippen LogP contribution is -2.34. The minimum atomic E-state index is -4.40. The van der Waals surface area contributed by atoms with Crippen LogP contribution in [0.5, 0.6) is 0 Å². The maximum absolute atomic E-state index is 11.8. The average molecular weight is 299 g/mol. The number of hydrogen-bond donors (Lipinski definition) is 2. The molecule has 3 N–H and O–H groups in total. The lowest BCUT2D eigenvalue weighted by Gasteiger charge is -2.08. The summed E-state index contributed by atoms with van der Waals surface area (Å²) < 4.78 is 35.5. The summed E-state index contributed by atoms with van der Waals surface area (Å²) in [6.07, 6.45) is -4.40. The summed E-state index contributed by atoms with van der Waals surface area (Å²) in [6.45, 7) is -1.33. The average Bonchev–Trinajstić information content (AvgIpc) is 2.24. The number of halogens is 4. The van der Waals surface area contributed by atoms with Crippen LogP contribution in [-0.2, 0) is 4.79 Å². The zero-order valence-electron chi connectivity index (χ0n) is 9.05. The van der Waals surface area contributed by atoms with Gasteiger partial charge >= 0.3 is 6.18 Å². The van der Waals surface area contributed by atoms with Crippen LogP contribution >= 0.6 is 23.4 Å². The predicted octanol–water partition coefficient (Wildman–Crippen LogP) is 2.69. The number of rotatable bonds is 4. The third kappa shape index (κ3) is 5.50. The molecule has 100 valence electrons. The summed E-state index contributed by atoms with van der Waals surface area (Å²) in [5, 5.41) is 2.14. The second-order valence-electron chi connectivity index (χ2n) is 3.37. The monoisotopic (exact) mass is 298 g/mol. The lowest BCUT2D eigenvalue weighted by molar-refractivity contribution is -0.136. The molecule has 0 aliphatic rings. The van der Waals surface area contributed by atoms with E-state index in [-0.39, 0.29) is 5.75 Å². The molecule has 0 spiro atoms. The number of carbonyl (C=O) groups excluding carboxylic acids is 1. The number of nitrogen functional groups attached to an aromatic ring is 1. The van der Waals surface area contributed by atoms with Gasteiger partial charge in [0.25, 0.3) is 0 Å². The van der Waals surface area contributed by atoms with Crippen molar-refractivity contribution in [3.05, 3.63) is 23.2 Å². The maximum Gasteiger partial charge on any atom is 0.405 e. The fourth-order valence-corrected chi connectivity index (χ4v) is 2.13. The van der Waals surface area contributed by atoms with E-state index in [1.165, 1.54) is 6.07 Å². The van der Waals surface area contributed by atoms with Crippen molar-refractivity contribution in [1.29, 1.82) is 0 Å². The molecule has 18 heavy (non-hydrogen) atoms. The summed E-state index contributed by atoms with van der Waals surface area (Å²) in [4.78, 5) is 11.7. The van der Waals surface area contributed by atoms with Gasteiger partial charge in [0.2, 0.25) is 5.91 Å².